The normalized spacial score (nSPS) is 20.5. The van der Waals surface area contributed by atoms with Crippen LogP contribution in [0.5, 0.6) is 0 Å². The van der Waals surface area contributed by atoms with Crippen LogP contribution in [-0.4, -0.2) is 53.0 Å². The van der Waals surface area contributed by atoms with Crippen molar-refractivity contribution in [1.82, 2.24) is 10.2 Å². The molecule has 1 saturated heterocycles. The van der Waals surface area contributed by atoms with Gasteiger partial charge in [0, 0.05) is 22.5 Å². The zero-order valence-corrected chi connectivity index (χ0v) is 17.7. The molecule has 0 saturated carbocycles. The highest BCUT2D eigenvalue weighted by Crippen LogP contribution is 2.38. The molecule has 1 fully saturated rings. The van der Waals surface area contributed by atoms with E-state index in [4.69, 9.17) is 11.6 Å². The predicted molar refractivity (Wildman–Crippen MR) is 112 cm³/mol. The van der Waals surface area contributed by atoms with Gasteiger partial charge in [-0.3, -0.25) is 14.5 Å². The molecule has 2 aliphatic rings. The number of nitrogens with zero attached hydrogens (tertiary/aromatic N) is 1. The smallest absolute Gasteiger partial charge is 0.353 e. The number of benzene rings is 1. The maximum absolute atomic E-state index is 12.6. The average molecular weight is 448 g/mol. The van der Waals surface area contributed by atoms with Crippen LogP contribution < -0.4 is 10.6 Å². The van der Waals surface area contributed by atoms with Crippen molar-refractivity contribution in [2.75, 3.05) is 12.4 Å². The van der Waals surface area contributed by atoms with Crippen LogP contribution in [0.1, 0.15) is 25.3 Å². The van der Waals surface area contributed by atoms with Gasteiger partial charge in [0.05, 0.1) is 19.6 Å². The number of carbonyl (C=O) groups is 4. The lowest BCUT2D eigenvalue weighted by molar-refractivity contribution is -0.155. The van der Waals surface area contributed by atoms with Gasteiger partial charge in [0.25, 0.3) is 5.91 Å². The van der Waals surface area contributed by atoms with Crippen molar-refractivity contribution in [2.45, 2.75) is 38.3 Å². The second-order valence-electron chi connectivity index (χ2n) is 7.23. The molecule has 2 amide bonds. The number of halogens is 1. The SMILES string of the molecule is COC(=O)C=C(C)Nc1ccccc1CC(=O)NC1C(=O)N2C(C(=O)O)=C(Cl)CCC12. The largest absolute Gasteiger partial charge is 0.477 e. The summed E-state index contributed by atoms with van der Waals surface area (Å²) in [5.41, 5.74) is 1.63. The van der Waals surface area contributed by atoms with Crippen molar-refractivity contribution in [1.29, 1.82) is 0 Å². The lowest BCUT2D eigenvalue weighted by Crippen LogP contribution is -2.71. The molecule has 0 aromatic heterocycles. The van der Waals surface area contributed by atoms with Crippen LogP contribution >= 0.6 is 11.6 Å². The van der Waals surface area contributed by atoms with Crippen LogP contribution in [0.2, 0.25) is 0 Å². The van der Waals surface area contributed by atoms with Crippen LogP contribution in [0.3, 0.4) is 0 Å². The molecule has 3 rings (SSSR count). The van der Waals surface area contributed by atoms with E-state index < -0.39 is 29.9 Å². The summed E-state index contributed by atoms with van der Waals surface area (Å²) in [4.78, 5) is 49.1. The number of hydrogen-bond donors (Lipinski definition) is 3. The molecule has 2 heterocycles. The number of amides is 2. The number of aliphatic carboxylic acids is 1. The fraction of sp³-hybridized carbons (Fsp3) is 0.333. The van der Waals surface area contributed by atoms with Crippen LogP contribution in [0, 0.1) is 0 Å². The lowest BCUT2D eigenvalue weighted by atomic mass is 9.86. The zero-order valence-electron chi connectivity index (χ0n) is 17.0. The Kier molecular flexibility index (Phi) is 6.65. The third-order valence-corrected chi connectivity index (χ3v) is 5.50. The standard InChI is InChI=1S/C21H22ClN3O6/c1-11(9-17(27)31-2)23-14-6-4-3-5-12(14)10-16(26)24-18-15-8-7-13(22)19(21(29)30)25(15)20(18)28/h3-6,9,15,18,23H,7-8,10H2,1-2H3,(H,24,26)(H,29,30). The molecule has 2 atom stereocenters. The number of carbonyl (C=O) groups excluding carboxylic acids is 3. The summed E-state index contributed by atoms with van der Waals surface area (Å²) in [6.07, 6.45) is 2.10. The Balaban J connectivity index is 1.67. The molecule has 0 spiro atoms. The van der Waals surface area contributed by atoms with Gasteiger partial charge in [-0.05, 0) is 31.4 Å². The molecule has 2 aliphatic heterocycles. The van der Waals surface area contributed by atoms with E-state index in [0.717, 1.165) is 4.90 Å². The van der Waals surface area contributed by atoms with Crippen LogP contribution in [0.4, 0.5) is 5.69 Å². The summed E-state index contributed by atoms with van der Waals surface area (Å²) in [5.74, 6) is -2.63. The number of β-lactam (4-membered cyclic amide) rings is 1. The van der Waals surface area contributed by atoms with Gasteiger partial charge in [0.15, 0.2) is 0 Å². The topological polar surface area (TPSA) is 125 Å². The van der Waals surface area contributed by atoms with Gasteiger partial charge in [-0.1, -0.05) is 29.8 Å². The molecule has 0 aliphatic carbocycles. The summed E-state index contributed by atoms with van der Waals surface area (Å²) >= 11 is 5.97. The van der Waals surface area contributed by atoms with Crippen LogP contribution in [0.15, 0.2) is 46.8 Å². The fourth-order valence-corrected chi connectivity index (χ4v) is 3.98. The number of ether oxygens (including phenoxy) is 1. The van der Waals surface area contributed by atoms with Crippen molar-refractivity contribution in [2.24, 2.45) is 0 Å². The average Bonchev–Trinajstić information content (AvgIpc) is 2.72. The molecule has 2 unspecified atom stereocenters. The number of rotatable bonds is 7. The van der Waals surface area contributed by atoms with E-state index >= 15 is 0 Å². The van der Waals surface area contributed by atoms with Crippen molar-refractivity contribution in [3.05, 3.63) is 52.3 Å². The zero-order chi connectivity index (χ0) is 22.7. The highest BCUT2D eigenvalue weighted by Gasteiger charge is 2.53. The minimum Gasteiger partial charge on any atom is -0.477 e. The summed E-state index contributed by atoms with van der Waals surface area (Å²) in [7, 11) is 1.28. The van der Waals surface area contributed by atoms with Crippen molar-refractivity contribution < 1.29 is 29.0 Å². The Bertz CT molecular complexity index is 1000. The number of allylic oxidation sites excluding steroid dienone is 2. The number of methoxy groups -OCH3 is 1. The van der Waals surface area contributed by atoms with Gasteiger partial charge in [-0.2, -0.15) is 0 Å². The monoisotopic (exact) mass is 447 g/mol. The molecule has 0 radical (unpaired) electrons. The van der Waals surface area contributed by atoms with Crippen molar-refractivity contribution >= 4 is 41.0 Å². The van der Waals surface area contributed by atoms with Gasteiger partial charge in [0.1, 0.15) is 11.7 Å². The van der Waals surface area contributed by atoms with E-state index in [1.807, 2.05) is 0 Å². The summed E-state index contributed by atoms with van der Waals surface area (Å²) in [5, 5.41) is 15.2. The number of carboxylic acid groups (broad SMARTS) is 1. The predicted octanol–water partition coefficient (Wildman–Crippen LogP) is 1.74. The Labute approximate surface area is 183 Å². The van der Waals surface area contributed by atoms with Gasteiger partial charge in [0.2, 0.25) is 5.91 Å². The number of nitrogens with one attached hydrogen (secondary N) is 2. The molecule has 9 nitrogen and oxygen atoms in total. The Morgan fingerprint density at radius 1 is 1.32 bits per heavy atom. The maximum atomic E-state index is 12.6. The van der Waals surface area contributed by atoms with Crippen molar-refractivity contribution in [3.8, 4) is 0 Å². The molecule has 1 aromatic carbocycles. The van der Waals surface area contributed by atoms with E-state index in [0.29, 0.717) is 29.8 Å². The Morgan fingerprint density at radius 2 is 2.03 bits per heavy atom. The number of anilines is 1. The first-order valence-electron chi connectivity index (χ1n) is 9.58. The second kappa shape index (κ2) is 9.22. The van der Waals surface area contributed by atoms with Crippen LogP contribution in [-0.2, 0) is 30.3 Å². The summed E-state index contributed by atoms with van der Waals surface area (Å²) in [6, 6.07) is 5.87. The first-order chi connectivity index (χ1) is 14.7. The first kappa shape index (κ1) is 22.4. The third-order valence-electron chi connectivity index (χ3n) is 5.13. The Hall–Kier alpha value is -3.33. The molecule has 164 valence electrons. The molecule has 1 aromatic rings. The lowest BCUT2D eigenvalue weighted by Gasteiger charge is -2.49. The first-order valence-corrected chi connectivity index (χ1v) is 9.96. The molecule has 31 heavy (non-hydrogen) atoms. The van der Waals surface area contributed by atoms with Crippen molar-refractivity contribution in [3.63, 3.8) is 0 Å². The number of para-hydroxylation sites is 1. The Morgan fingerprint density at radius 3 is 2.71 bits per heavy atom. The highest BCUT2D eigenvalue weighted by molar-refractivity contribution is 6.32. The molecular formula is C21H22ClN3O6. The minimum atomic E-state index is -1.26. The van der Waals surface area contributed by atoms with E-state index in [1.165, 1.54) is 13.2 Å². The number of carboxylic acids is 1. The minimum absolute atomic E-state index is 0.00639. The third kappa shape index (κ3) is 4.72. The number of fused-ring (bicyclic) bond motifs is 1. The fourth-order valence-electron chi connectivity index (χ4n) is 3.70. The number of esters is 1. The summed E-state index contributed by atoms with van der Waals surface area (Å²) in [6.45, 7) is 1.69. The second-order valence-corrected chi connectivity index (χ2v) is 7.68. The van der Waals surface area contributed by atoms with E-state index in [9.17, 15) is 24.3 Å². The van der Waals surface area contributed by atoms with E-state index in [2.05, 4.69) is 15.4 Å². The quantitative estimate of drug-likeness (QED) is 0.330. The van der Waals surface area contributed by atoms with E-state index in [1.54, 1.807) is 31.2 Å². The van der Waals surface area contributed by atoms with Gasteiger partial charge in [-0.25, -0.2) is 9.59 Å². The van der Waals surface area contributed by atoms with Gasteiger partial charge < -0.3 is 20.5 Å². The maximum Gasteiger partial charge on any atom is 0.353 e. The summed E-state index contributed by atoms with van der Waals surface area (Å²) < 4.78 is 4.59. The van der Waals surface area contributed by atoms with E-state index in [-0.39, 0.29) is 23.1 Å². The molecule has 0 bridgehead atoms. The highest BCUT2D eigenvalue weighted by atomic mass is 35.5. The number of hydrogen-bond acceptors (Lipinski definition) is 6. The van der Waals surface area contributed by atoms with Gasteiger partial charge >= 0.3 is 11.9 Å². The van der Waals surface area contributed by atoms with Gasteiger partial charge in [-0.15, -0.1) is 0 Å². The molecule has 3 N–H and O–H groups in total. The molecule has 10 heteroatoms. The molecular weight excluding hydrogens is 426 g/mol. The van der Waals surface area contributed by atoms with Crippen LogP contribution in [0.25, 0.3) is 0 Å².